The van der Waals surface area contributed by atoms with E-state index < -0.39 is 0 Å². The van der Waals surface area contributed by atoms with Gasteiger partial charge in [0.1, 0.15) is 12.4 Å². The average Bonchev–Trinajstić information content (AvgIpc) is 2.38. The maximum absolute atomic E-state index is 13.1. The zero-order chi connectivity index (χ0) is 13.4. The maximum atomic E-state index is 13.1. The Balaban J connectivity index is 2.69. The monoisotopic (exact) mass is 268 g/mol. The highest BCUT2D eigenvalue weighted by Gasteiger charge is 2.04. The molecule has 0 saturated carbocycles. The number of rotatable bonds is 5. The van der Waals surface area contributed by atoms with Gasteiger partial charge in [-0.1, -0.05) is 24.8 Å². The molecule has 1 unspecified atom stereocenters. The van der Waals surface area contributed by atoms with Gasteiger partial charge in [-0.3, -0.25) is 0 Å². The molecule has 98 valence electrons. The van der Waals surface area contributed by atoms with Gasteiger partial charge in [-0.15, -0.1) is 0 Å². The quantitative estimate of drug-likeness (QED) is 0.803. The normalized spacial score (nSPS) is 11.8. The highest BCUT2D eigenvalue weighted by atomic mass is 32.2. The van der Waals surface area contributed by atoms with Crippen LogP contribution in [0.5, 0.6) is 0 Å². The summed E-state index contributed by atoms with van der Waals surface area (Å²) in [7, 11) is 0. The molecule has 0 radical (unpaired) electrons. The Kier molecular flexibility index (Phi) is 6.81. The molecule has 0 aliphatic carbocycles. The first-order valence-corrected chi connectivity index (χ1v) is 6.89. The largest absolute Gasteiger partial charge is 0.396 e. The Morgan fingerprint density at radius 2 is 2.17 bits per heavy atom. The number of hydrogen-bond acceptors (Lipinski definition) is 3. The fourth-order valence-electron chi connectivity index (χ4n) is 1.35. The van der Waals surface area contributed by atoms with Crippen LogP contribution >= 0.6 is 11.8 Å². The van der Waals surface area contributed by atoms with E-state index in [1.165, 1.54) is 12.1 Å². The number of aliphatic hydroxyl groups is 2. The van der Waals surface area contributed by atoms with E-state index in [2.05, 4.69) is 11.8 Å². The van der Waals surface area contributed by atoms with Gasteiger partial charge in [0.2, 0.25) is 0 Å². The van der Waals surface area contributed by atoms with E-state index in [9.17, 15) is 4.39 Å². The Hall–Kier alpha value is -1.02. The summed E-state index contributed by atoms with van der Waals surface area (Å²) in [5, 5.41) is 17.6. The van der Waals surface area contributed by atoms with Crippen molar-refractivity contribution in [1.29, 1.82) is 0 Å². The third-order valence-electron chi connectivity index (χ3n) is 2.35. The summed E-state index contributed by atoms with van der Waals surface area (Å²) in [5.41, 5.74) is 1.57. The second-order valence-electron chi connectivity index (χ2n) is 4.06. The molecule has 1 aromatic carbocycles. The summed E-state index contributed by atoms with van der Waals surface area (Å²) < 4.78 is 13.1. The molecule has 4 heteroatoms. The van der Waals surface area contributed by atoms with Gasteiger partial charge >= 0.3 is 0 Å². The molecule has 1 aromatic rings. The number of thioether (sulfide) groups is 1. The van der Waals surface area contributed by atoms with Crippen molar-refractivity contribution in [1.82, 2.24) is 0 Å². The van der Waals surface area contributed by atoms with Gasteiger partial charge in [0.05, 0.1) is 0 Å². The first kappa shape index (κ1) is 15.0. The van der Waals surface area contributed by atoms with Crippen molar-refractivity contribution in [2.24, 2.45) is 5.92 Å². The smallest absolute Gasteiger partial charge is 0.124 e. The predicted molar refractivity (Wildman–Crippen MR) is 72.8 cm³/mol. The summed E-state index contributed by atoms with van der Waals surface area (Å²) in [6, 6.07) is 4.51. The zero-order valence-corrected chi connectivity index (χ0v) is 11.1. The van der Waals surface area contributed by atoms with Gasteiger partial charge in [-0.05, 0) is 29.4 Å². The van der Waals surface area contributed by atoms with Gasteiger partial charge in [0.25, 0.3) is 0 Å². The van der Waals surface area contributed by atoms with Gasteiger partial charge in [0.15, 0.2) is 0 Å². The molecule has 0 fully saturated rings. The van der Waals surface area contributed by atoms with Crippen LogP contribution in [0.1, 0.15) is 18.1 Å². The lowest BCUT2D eigenvalue weighted by Crippen LogP contribution is -2.03. The second kappa shape index (κ2) is 8.15. The van der Waals surface area contributed by atoms with Gasteiger partial charge < -0.3 is 10.2 Å². The van der Waals surface area contributed by atoms with Crippen LogP contribution in [0.15, 0.2) is 18.2 Å². The topological polar surface area (TPSA) is 40.5 Å². The number of aliphatic hydroxyl groups excluding tert-OH is 2. The molecule has 1 rings (SSSR count). The minimum atomic E-state index is -0.324. The van der Waals surface area contributed by atoms with E-state index in [1.807, 2.05) is 6.92 Å². The van der Waals surface area contributed by atoms with Gasteiger partial charge in [0, 0.05) is 17.9 Å². The fourth-order valence-corrected chi connectivity index (χ4v) is 2.45. The van der Waals surface area contributed by atoms with Crippen molar-refractivity contribution in [2.75, 3.05) is 19.0 Å². The maximum Gasteiger partial charge on any atom is 0.124 e. The van der Waals surface area contributed by atoms with E-state index in [1.54, 1.807) is 17.8 Å². The second-order valence-corrected chi connectivity index (χ2v) is 5.09. The van der Waals surface area contributed by atoms with Crippen LogP contribution in [0.2, 0.25) is 0 Å². The molecule has 0 aromatic heterocycles. The summed E-state index contributed by atoms with van der Waals surface area (Å²) in [5.74, 6) is 6.78. The Morgan fingerprint density at radius 1 is 1.39 bits per heavy atom. The molecule has 0 amide bonds. The molecule has 18 heavy (non-hydrogen) atoms. The molecule has 0 heterocycles. The van der Waals surface area contributed by atoms with Crippen molar-refractivity contribution >= 4 is 11.8 Å². The zero-order valence-electron chi connectivity index (χ0n) is 10.3. The van der Waals surface area contributed by atoms with Gasteiger partial charge in [-0.2, -0.15) is 11.8 Å². The Labute approximate surface area is 111 Å². The summed E-state index contributed by atoms with van der Waals surface area (Å²) in [6.45, 7) is 1.92. The lowest BCUT2D eigenvalue weighted by Gasteiger charge is -2.08. The minimum absolute atomic E-state index is 0.174. The average molecular weight is 268 g/mol. The van der Waals surface area contributed by atoms with Crippen molar-refractivity contribution in [3.8, 4) is 11.8 Å². The van der Waals surface area contributed by atoms with E-state index in [0.717, 1.165) is 17.1 Å². The SMILES string of the molecule is CC(CO)CSCc1ccc(F)cc1C#CCO. The van der Waals surface area contributed by atoms with Gasteiger partial charge in [-0.25, -0.2) is 4.39 Å². The standard InChI is InChI=1S/C14H17FO2S/c1-11(8-17)9-18-10-13-4-5-14(15)7-12(13)3-2-6-16/h4-5,7,11,16-17H,6,8-10H2,1H3. The fraction of sp³-hybridized carbons (Fsp3) is 0.429. The van der Waals surface area contributed by atoms with Crippen LogP contribution in [-0.4, -0.2) is 29.2 Å². The first-order chi connectivity index (χ1) is 8.67. The van der Waals surface area contributed by atoms with E-state index in [-0.39, 0.29) is 24.9 Å². The predicted octanol–water partition coefficient (Wildman–Crippen LogP) is 2.03. The van der Waals surface area contributed by atoms with Crippen LogP contribution < -0.4 is 0 Å². The third-order valence-corrected chi connectivity index (χ3v) is 3.67. The lowest BCUT2D eigenvalue weighted by molar-refractivity contribution is 0.250. The summed E-state index contributed by atoms with van der Waals surface area (Å²) in [4.78, 5) is 0. The van der Waals surface area contributed by atoms with Crippen LogP contribution in [0, 0.1) is 23.6 Å². The number of halogens is 1. The van der Waals surface area contributed by atoms with Crippen molar-refractivity contribution < 1.29 is 14.6 Å². The molecule has 0 saturated heterocycles. The van der Waals surface area contributed by atoms with Crippen molar-refractivity contribution in [3.63, 3.8) is 0 Å². The molecular weight excluding hydrogens is 251 g/mol. The van der Waals surface area contributed by atoms with Crippen LogP contribution in [0.4, 0.5) is 4.39 Å². The molecule has 0 spiro atoms. The molecule has 1 atom stereocenters. The minimum Gasteiger partial charge on any atom is -0.396 e. The molecular formula is C14H17FO2S. The van der Waals surface area contributed by atoms with Crippen molar-refractivity contribution in [3.05, 3.63) is 35.1 Å². The first-order valence-electron chi connectivity index (χ1n) is 5.74. The highest BCUT2D eigenvalue weighted by Crippen LogP contribution is 2.19. The third kappa shape index (κ3) is 5.09. The molecule has 2 nitrogen and oxygen atoms in total. The van der Waals surface area contributed by atoms with E-state index in [0.29, 0.717) is 5.56 Å². The lowest BCUT2D eigenvalue weighted by atomic mass is 10.1. The number of hydrogen-bond donors (Lipinski definition) is 2. The molecule has 0 aliphatic rings. The Morgan fingerprint density at radius 3 is 2.83 bits per heavy atom. The highest BCUT2D eigenvalue weighted by molar-refractivity contribution is 7.98. The molecule has 0 aliphatic heterocycles. The van der Waals surface area contributed by atoms with E-state index >= 15 is 0 Å². The number of benzene rings is 1. The molecule has 2 N–H and O–H groups in total. The van der Waals surface area contributed by atoms with E-state index in [4.69, 9.17) is 10.2 Å². The van der Waals surface area contributed by atoms with Crippen LogP contribution in [0.25, 0.3) is 0 Å². The summed E-state index contributed by atoms with van der Waals surface area (Å²) >= 11 is 1.68. The molecule has 0 bridgehead atoms. The van der Waals surface area contributed by atoms with Crippen molar-refractivity contribution in [2.45, 2.75) is 12.7 Å². The Bertz CT molecular complexity index is 437. The summed E-state index contributed by atoms with van der Waals surface area (Å²) in [6.07, 6.45) is 0. The van der Waals surface area contributed by atoms with Crippen LogP contribution in [-0.2, 0) is 5.75 Å². The van der Waals surface area contributed by atoms with Crippen LogP contribution in [0.3, 0.4) is 0 Å².